The Balaban J connectivity index is 1.74. The van der Waals surface area contributed by atoms with Crippen LogP contribution in [0.3, 0.4) is 0 Å². The van der Waals surface area contributed by atoms with Crippen LogP contribution >= 0.6 is 0 Å². The number of likely N-dealkylation sites (tertiary alicyclic amines) is 1. The lowest BCUT2D eigenvalue weighted by molar-refractivity contribution is 0.0914. The summed E-state index contributed by atoms with van der Waals surface area (Å²) < 4.78 is 13.1. The van der Waals surface area contributed by atoms with Gasteiger partial charge in [0.2, 0.25) is 0 Å². The van der Waals surface area contributed by atoms with Crippen LogP contribution in [0.15, 0.2) is 48.5 Å². The van der Waals surface area contributed by atoms with E-state index in [0.29, 0.717) is 11.1 Å². The number of hydrogen-bond donors (Lipinski definition) is 2. The Kier molecular flexibility index (Phi) is 5.79. The first-order chi connectivity index (χ1) is 12.2. The van der Waals surface area contributed by atoms with Gasteiger partial charge >= 0.3 is 0 Å². The summed E-state index contributed by atoms with van der Waals surface area (Å²) in [7, 11) is 0. The molecule has 0 bridgehead atoms. The first-order valence-corrected chi connectivity index (χ1v) is 8.65. The van der Waals surface area contributed by atoms with E-state index in [1.165, 1.54) is 25.0 Å². The van der Waals surface area contributed by atoms with Gasteiger partial charge in [-0.1, -0.05) is 30.3 Å². The Hall–Kier alpha value is -2.24. The molecule has 2 aromatic carbocycles. The van der Waals surface area contributed by atoms with Gasteiger partial charge < -0.3 is 10.4 Å². The van der Waals surface area contributed by atoms with Crippen LogP contribution in [0.1, 0.15) is 40.4 Å². The quantitative estimate of drug-likeness (QED) is 0.849. The molecule has 25 heavy (non-hydrogen) atoms. The molecule has 1 aliphatic rings. The maximum Gasteiger partial charge on any atom is 0.252 e. The van der Waals surface area contributed by atoms with Crippen molar-refractivity contribution in [2.24, 2.45) is 0 Å². The first kappa shape index (κ1) is 17.6. The van der Waals surface area contributed by atoms with E-state index in [9.17, 15) is 14.3 Å². The fourth-order valence-corrected chi connectivity index (χ4v) is 3.23. The SMILES string of the molecule is O=C(N[C@@H](CO)c1ccc(F)cc1)c1ccccc1CN1CCCC1. The van der Waals surface area contributed by atoms with Crippen LogP contribution in [0.25, 0.3) is 0 Å². The third kappa shape index (κ3) is 4.44. The fourth-order valence-electron chi connectivity index (χ4n) is 3.23. The van der Waals surface area contributed by atoms with Crippen LogP contribution in [-0.2, 0) is 6.54 Å². The van der Waals surface area contributed by atoms with Gasteiger partial charge in [-0.05, 0) is 55.3 Å². The van der Waals surface area contributed by atoms with E-state index in [-0.39, 0.29) is 18.3 Å². The molecule has 5 heteroatoms. The smallest absolute Gasteiger partial charge is 0.252 e. The highest BCUT2D eigenvalue weighted by molar-refractivity contribution is 5.95. The average Bonchev–Trinajstić information content (AvgIpc) is 3.14. The van der Waals surface area contributed by atoms with E-state index in [2.05, 4.69) is 10.2 Å². The largest absolute Gasteiger partial charge is 0.394 e. The highest BCUT2D eigenvalue weighted by atomic mass is 19.1. The molecule has 2 aromatic rings. The van der Waals surface area contributed by atoms with E-state index in [1.54, 1.807) is 18.2 Å². The molecule has 0 radical (unpaired) electrons. The molecule has 1 atom stereocenters. The second-order valence-electron chi connectivity index (χ2n) is 6.40. The maximum atomic E-state index is 13.1. The van der Waals surface area contributed by atoms with E-state index < -0.39 is 6.04 Å². The highest BCUT2D eigenvalue weighted by Gasteiger charge is 2.19. The molecule has 0 aliphatic carbocycles. The molecule has 3 rings (SSSR count). The molecule has 1 saturated heterocycles. The van der Waals surface area contributed by atoms with Gasteiger partial charge in [-0.2, -0.15) is 0 Å². The molecular weight excluding hydrogens is 319 g/mol. The minimum absolute atomic E-state index is 0.224. The van der Waals surface area contributed by atoms with Crippen LogP contribution in [0, 0.1) is 5.82 Å². The van der Waals surface area contributed by atoms with Gasteiger partial charge in [0.15, 0.2) is 0 Å². The Morgan fingerprint density at radius 2 is 1.80 bits per heavy atom. The number of nitrogens with one attached hydrogen (secondary N) is 1. The van der Waals surface area contributed by atoms with Crippen molar-refractivity contribution in [3.8, 4) is 0 Å². The lowest BCUT2D eigenvalue weighted by atomic mass is 10.0. The third-order valence-electron chi connectivity index (χ3n) is 4.61. The zero-order valence-electron chi connectivity index (χ0n) is 14.1. The summed E-state index contributed by atoms with van der Waals surface area (Å²) in [5, 5.41) is 12.5. The van der Waals surface area contributed by atoms with Gasteiger partial charge in [0.05, 0.1) is 12.6 Å². The molecule has 1 amide bonds. The molecule has 0 saturated carbocycles. The monoisotopic (exact) mass is 342 g/mol. The van der Waals surface area contributed by atoms with Crippen molar-refractivity contribution in [3.05, 3.63) is 71.0 Å². The first-order valence-electron chi connectivity index (χ1n) is 8.65. The molecular formula is C20H23FN2O2. The number of hydrogen-bond acceptors (Lipinski definition) is 3. The lowest BCUT2D eigenvalue weighted by Crippen LogP contribution is -2.32. The average molecular weight is 342 g/mol. The predicted octanol–water partition coefficient (Wildman–Crippen LogP) is 2.88. The molecule has 0 spiro atoms. The van der Waals surface area contributed by atoms with Gasteiger partial charge in [-0.25, -0.2) is 4.39 Å². The number of aliphatic hydroxyl groups excluding tert-OH is 1. The Labute approximate surface area is 147 Å². The molecule has 0 aromatic heterocycles. The summed E-state index contributed by atoms with van der Waals surface area (Å²) in [6.45, 7) is 2.63. The summed E-state index contributed by atoms with van der Waals surface area (Å²) in [4.78, 5) is 15.1. The van der Waals surface area contributed by atoms with Crippen molar-refractivity contribution in [3.63, 3.8) is 0 Å². The van der Waals surface area contributed by atoms with Crippen LogP contribution in [0.5, 0.6) is 0 Å². The zero-order chi connectivity index (χ0) is 17.6. The minimum atomic E-state index is -0.562. The van der Waals surface area contributed by atoms with Crippen molar-refractivity contribution in [2.45, 2.75) is 25.4 Å². The normalized spacial score (nSPS) is 15.9. The molecule has 2 N–H and O–H groups in total. The molecule has 4 nitrogen and oxygen atoms in total. The van der Waals surface area contributed by atoms with E-state index in [0.717, 1.165) is 25.2 Å². The number of aliphatic hydroxyl groups is 1. The highest BCUT2D eigenvalue weighted by Crippen LogP contribution is 2.18. The van der Waals surface area contributed by atoms with Crippen molar-refractivity contribution in [1.29, 1.82) is 0 Å². The van der Waals surface area contributed by atoms with Crippen molar-refractivity contribution >= 4 is 5.91 Å². The van der Waals surface area contributed by atoms with Crippen LogP contribution in [-0.4, -0.2) is 35.6 Å². The van der Waals surface area contributed by atoms with Crippen LogP contribution < -0.4 is 5.32 Å². The summed E-state index contributed by atoms with van der Waals surface area (Å²) in [5.74, 6) is -0.569. The number of carbonyl (C=O) groups is 1. The molecule has 1 fully saturated rings. The standard InChI is InChI=1S/C20H23FN2O2/c21-17-9-7-15(8-10-17)19(14-24)22-20(25)18-6-2-1-5-16(18)13-23-11-3-4-12-23/h1-2,5-10,19,24H,3-4,11-14H2,(H,22,25)/t19-/m0/s1. The molecule has 1 heterocycles. The summed E-state index contributed by atoms with van der Waals surface area (Å²) in [5.41, 5.74) is 2.28. The zero-order valence-corrected chi connectivity index (χ0v) is 14.1. The predicted molar refractivity (Wildman–Crippen MR) is 94.6 cm³/mol. The summed E-state index contributed by atoms with van der Waals surface area (Å²) in [6, 6.07) is 12.8. The Morgan fingerprint density at radius 1 is 1.12 bits per heavy atom. The third-order valence-corrected chi connectivity index (χ3v) is 4.61. The summed E-state index contributed by atoms with van der Waals surface area (Å²) in [6.07, 6.45) is 2.40. The van der Waals surface area contributed by atoms with E-state index >= 15 is 0 Å². The van der Waals surface area contributed by atoms with Gasteiger partial charge in [0, 0.05) is 12.1 Å². The van der Waals surface area contributed by atoms with E-state index in [4.69, 9.17) is 0 Å². The number of amides is 1. The number of carbonyl (C=O) groups excluding carboxylic acids is 1. The van der Waals surface area contributed by atoms with Crippen LogP contribution in [0.2, 0.25) is 0 Å². The fraction of sp³-hybridized carbons (Fsp3) is 0.350. The number of nitrogens with zero attached hydrogens (tertiary/aromatic N) is 1. The van der Waals surface area contributed by atoms with Crippen LogP contribution in [0.4, 0.5) is 4.39 Å². The number of benzene rings is 2. The molecule has 132 valence electrons. The maximum absolute atomic E-state index is 13.1. The number of halogens is 1. The minimum Gasteiger partial charge on any atom is -0.394 e. The second-order valence-corrected chi connectivity index (χ2v) is 6.40. The van der Waals surface area contributed by atoms with Crippen molar-refractivity contribution in [1.82, 2.24) is 10.2 Å². The second kappa shape index (κ2) is 8.23. The summed E-state index contributed by atoms with van der Waals surface area (Å²) >= 11 is 0. The Morgan fingerprint density at radius 3 is 2.48 bits per heavy atom. The molecule has 1 aliphatic heterocycles. The van der Waals surface area contributed by atoms with Gasteiger partial charge in [0.1, 0.15) is 5.82 Å². The van der Waals surface area contributed by atoms with Gasteiger partial charge in [0.25, 0.3) is 5.91 Å². The topological polar surface area (TPSA) is 52.6 Å². The van der Waals surface area contributed by atoms with Crippen molar-refractivity contribution in [2.75, 3.05) is 19.7 Å². The lowest BCUT2D eigenvalue weighted by Gasteiger charge is -2.20. The van der Waals surface area contributed by atoms with Gasteiger partial charge in [-0.3, -0.25) is 9.69 Å². The van der Waals surface area contributed by atoms with Gasteiger partial charge in [-0.15, -0.1) is 0 Å². The molecule has 0 unspecified atom stereocenters. The van der Waals surface area contributed by atoms with E-state index in [1.807, 2.05) is 18.2 Å². The van der Waals surface area contributed by atoms with Crippen molar-refractivity contribution < 1.29 is 14.3 Å². The number of rotatable bonds is 6. The Bertz CT molecular complexity index is 712.